The highest BCUT2D eigenvalue weighted by Gasteiger charge is 2.24. The van der Waals surface area contributed by atoms with Crippen molar-refractivity contribution in [3.05, 3.63) is 91.6 Å². The van der Waals surface area contributed by atoms with Crippen molar-refractivity contribution in [2.45, 2.75) is 0 Å². The van der Waals surface area contributed by atoms with Gasteiger partial charge in [-0.3, -0.25) is 14.9 Å². The molecule has 0 bridgehead atoms. The molecule has 1 aliphatic heterocycles. The van der Waals surface area contributed by atoms with Crippen LogP contribution in [0, 0.1) is 10.1 Å². The molecule has 1 aliphatic rings. The van der Waals surface area contributed by atoms with Gasteiger partial charge in [-0.05, 0) is 48.2 Å². The molecule has 30 heavy (non-hydrogen) atoms. The Bertz CT molecular complexity index is 1240. The molecule has 1 amide bonds. The second kappa shape index (κ2) is 8.35. The minimum Gasteiger partial charge on any atom is -0.317 e. The SMILES string of the molecule is O=C1NC(=Nc2cccc(Cl)c2Cl)S/C1=C/c1cccn1-c1cccc([N+](=O)[O-])c1. The Labute approximate surface area is 185 Å². The Kier molecular flexibility index (Phi) is 5.63. The van der Waals surface area contributed by atoms with Crippen LogP contribution in [-0.2, 0) is 4.79 Å². The third-order valence-electron chi connectivity index (χ3n) is 4.18. The molecule has 0 unspecified atom stereocenters. The maximum absolute atomic E-state index is 12.4. The standard InChI is InChI=1S/C20H12Cl2N4O3S/c21-15-7-2-8-16(18(15)22)23-20-24-19(27)17(30-20)11-13-6-3-9-25(13)12-4-1-5-14(10-12)26(28)29/h1-11H,(H,23,24,27)/b17-11+. The van der Waals surface area contributed by atoms with Gasteiger partial charge in [0.25, 0.3) is 11.6 Å². The zero-order valence-electron chi connectivity index (χ0n) is 15.1. The minimum absolute atomic E-state index is 0.0133. The first-order valence-corrected chi connectivity index (χ1v) is 10.2. The van der Waals surface area contributed by atoms with Gasteiger partial charge in [0.2, 0.25) is 0 Å². The average molecular weight is 459 g/mol. The van der Waals surface area contributed by atoms with Gasteiger partial charge in [-0.2, -0.15) is 0 Å². The lowest BCUT2D eigenvalue weighted by Crippen LogP contribution is -2.19. The number of non-ortho nitro benzene ring substituents is 1. The Morgan fingerprint density at radius 1 is 1.13 bits per heavy atom. The van der Waals surface area contributed by atoms with Crippen molar-refractivity contribution >= 4 is 63.5 Å². The number of benzene rings is 2. The van der Waals surface area contributed by atoms with Crippen molar-refractivity contribution in [2.24, 2.45) is 4.99 Å². The molecule has 1 N–H and O–H groups in total. The molecule has 2 aromatic carbocycles. The van der Waals surface area contributed by atoms with Gasteiger partial charge in [0.05, 0.1) is 31.2 Å². The number of carbonyl (C=O) groups is 1. The molecule has 1 fully saturated rings. The molecule has 0 radical (unpaired) electrons. The largest absolute Gasteiger partial charge is 0.317 e. The summed E-state index contributed by atoms with van der Waals surface area (Å²) in [4.78, 5) is 27.8. The number of nitro benzene ring substituents is 1. The first-order valence-electron chi connectivity index (χ1n) is 8.58. The number of amidine groups is 1. The topological polar surface area (TPSA) is 89.5 Å². The number of carbonyl (C=O) groups excluding carboxylic acids is 1. The lowest BCUT2D eigenvalue weighted by atomic mass is 10.2. The summed E-state index contributed by atoms with van der Waals surface area (Å²) in [6.07, 6.45) is 3.46. The summed E-state index contributed by atoms with van der Waals surface area (Å²) in [7, 11) is 0. The van der Waals surface area contributed by atoms with Gasteiger partial charge in [-0.1, -0.05) is 35.3 Å². The monoisotopic (exact) mass is 458 g/mol. The molecule has 10 heteroatoms. The van der Waals surface area contributed by atoms with Gasteiger partial charge in [-0.15, -0.1) is 0 Å². The zero-order chi connectivity index (χ0) is 21.3. The van der Waals surface area contributed by atoms with Crippen LogP contribution in [0.1, 0.15) is 5.69 Å². The van der Waals surface area contributed by atoms with E-state index in [4.69, 9.17) is 23.2 Å². The van der Waals surface area contributed by atoms with Crippen LogP contribution >= 0.6 is 35.0 Å². The summed E-state index contributed by atoms with van der Waals surface area (Å²) < 4.78 is 1.76. The van der Waals surface area contributed by atoms with Gasteiger partial charge in [0, 0.05) is 24.0 Å². The Morgan fingerprint density at radius 3 is 2.73 bits per heavy atom. The lowest BCUT2D eigenvalue weighted by Gasteiger charge is -2.06. The summed E-state index contributed by atoms with van der Waals surface area (Å²) in [6.45, 7) is 0. The van der Waals surface area contributed by atoms with Crippen molar-refractivity contribution in [1.29, 1.82) is 0 Å². The molecule has 7 nitrogen and oxygen atoms in total. The Hall–Kier alpha value is -3.07. The molecular weight excluding hydrogens is 447 g/mol. The van der Waals surface area contributed by atoms with E-state index in [1.54, 1.807) is 53.2 Å². The van der Waals surface area contributed by atoms with E-state index in [0.29, 0.717) is 37.2 Å². The fourth-order valence-corrected chi connectivity index (χ4v) is 3.96. The van der Waals surface area contributed by atoms with E-state index < -0.39 is 4.92 Å². The molecule has 0 saturated carbocycles. The number of aliphatic imine (C=N–C) groups is 1. The first kappa shape index (κ1) is 20.2. The van der Waals surface area contributed by atoms with Crippen LogP contribution in [0.2, 0.25) is 10.0 Å². The second-order valence-corrected chi connectivity index (χ2v) is 7.95. The highest BCUT2D eigenvalue weighted by atomic mass is 35.5. The number of rotatable bonds is 4. The molecule has 1 saturated heterocycles. The fraction of sp³-hybridized carbons (Fsp3) is 0. The van der Waals surface area contributed by atoms with Gasteiger partial charge >= 0.3 is 0 Å². The molecule has 150 valence electrons. The summed E-state index contributed by atoms with van der Waals surface area (Å²) in [5, 5.41) is 14.8. The zero-order valence-corrected chi connectivity index (χ0v) is 17.4. The third kappa shape index (κ3) is 4.11. The number of nitrogens with zero attached hydrogens (tertiary/aromatic N) is 3. The second-order valence-electron chi connectivity index (χ2n) is 6.13. The number of halogens is 2. The summed E-state index contributed by atoms with van der Waals surface area (Å²) in [5.41, 5.74) is 1.74. The van der Waals surface area contributed by atoms with Crippen LogP contribution in [0.4, 0.5) is 11.4 Å². The number of thioether (sulfide) groups is 1. The number of nitro groups is 1. The summed E-state index contributed by atoms with van der Waals surface area (Å²) in [6, 6.07) is 14.9. The van der Waals surface area contributed by atoms with Gasteiger partial charge < -0.3 is 9.88 Å². The molecule has 0 spiro atoms. The number of hydrogen-bond acceptors (Lipinski definition) is 5. The predicted molar refractivity (Wildman–Crippen MR) is 120 cm³/mol. The molecular formula is C20H12Cl2N4O3S. The molecule has 0 aliphatic carbocycles. The van der Waals surface area contributed by atoms with Crippen LogP contribution in [-0.4, -0.2) is 20.6 Å². The predicted octanol–water partition coefficient (Wildman–Crippen LogP) is 5.58. The van der Waals surface area contributed by atoms with E-state index in [-0.39, 0.29) is 11.6 Å². The molecule has 3 aromatic rings. The van der Waals surface area contributed by atoms with Crippen molar-refractivity contribution < 1.29 is 9.72 Å². The van der Waals surface area contributed by atoms with E-state index in [1.807, 2.05) is 6.07 Å². The van der Waals surface area contributed by atoms with Gasteiger partial charge in [0.1, 0.15) is 0 Å². The van der Waals surface area contributed by atoms with Crippen LogP contribution in [0.5, 0.6) is 0 Å². The van der Waals surface area contributed by atoms with E-state index in [9.17, 15) is 14.9 Å². The fourth-order valence-electron chi connectivity index (χ4n) is 2.81. The Balaban J connectivity index is 1.64. The van der Waals surface area contributed by atoms with Gasteiger partial charge in [0.15, 0.2) is 5.17 Å². The molecule has 2 heterocycles. The van der Waals surface area contributed by atoms with Crippen LogP contribution in [0.3, 0.4) is 0 Å². The number of hydrogen-bond donors (Lipinski definition) is 1. The summed E-state index contributed by atoms with van der Waals surface area (Å²) in [5.74, 6) is -0.302. The van der Waals surface area contributed by atoms with Crippen LogP contribution in [0.25, 0.3) is 11.8 Å². The average Bonchev–Trinajstić information content (AvgIpc) is 3.32. The maximum atomic E-state index is 12.4. The minimum atomic E-state index is -0.449. The third-order valence-corrected chi connectivity index (χ3v) is 5.90. The van der Waals surface area contributed by atoms with Crippen molar-refractivity contribution in [1.82, 2.24) is 9.88 Å². The Morgan fingerprint density at radius 2 is 1.93 bits per heavy atom. The molecule has 4 rings (SSSR count). The van der Waals surface area contributed by atoms with E-state index >= 15 is 0 Å². The van der Waals surface area contributed by atoms with E-state index in [0.717, 1.165) is 0 Å². The highest BCUT2D eigenvalue weighted by molar-refractivity contribution is 8.18. The lowest BCUT2D eigenvalue weighted by molar-refractivity contribution is -0.384. The molecule has 0 atom stereocenters. The van der Waals surface area contributed by atoms with Gasteiger partial charge in [-0.25, -0.2) is 4.99 Å². The smallest absolute Gasteiger partial charge is 0.271 e. The van der Waals surface area contributed by atoms with Crippen LogP contribution in [0.15, 0.2) is 70.7 Å². The highest BCUT2D eigenvalue weighted by Crippen LogP contribution is 2.34. The number of aromatic nitrogens is 1. The van der Waals surface area contributed by atoms with Crippen molar-refractivity contribution in [3.63, 3.8) is 0 Å². The van der Waals surface area contributed by atoms with Crippen molar-refractivity contribution in [3.8, 4) is 5.69 Å². The van der Waals surface area contributed by atoms with E-state index in [2.05, 4.69) is 10.3 Å². The number of nitrogens with one attached hydrogen (secondary N) is 1. The quantitative estimate of drug-likeness (QED) is 0.313. The molecule has 1 aromatic heterocycles. The van der Waals surface area contributed by atoms with E-state index in [1.165, 1.54) is 23.9 Å². The normalized spacial score (nSPS) is 16.3. The number of amides is 1. The maximum Gasteiger partial charge on any atom is 0.271 e. The summed E-state index contributed by atoms with van der Waals surface area (Å²) >= 11 is 13.3. The van der Waals surface area contributed by atoms with Crippen LogP contribution < -0.4 is 5.32 Å². The first-order chi connectivity index (χ1) is 14.4. The van der Waals surface area contributed by atoms with Crippen molar-refractivity contribution in [2.75, 3.05) is 0 Å².